The Morgan fingerprint density at radius 3 is 2.11 bits per heavy atom. The smallest absolute Gasteiger partial charge is 0.185 e. The van der Waals surface area contributed by atoms with E-state index < -0.39 is 0 Å². The first-order chi connectivity index (χ1) is 13.2. The molecular formula is C23H17ClN2O. The summed E-state index contributed by atoms with van der Waals surface area (Å²) in [6, 6.07) is 25.1. The topological polar surface area (TPSA) is 34.9 Å². The molecule has 0 radical (unpaired) electrons. The lowest BCUT2D eigenvalue weighted by atomic mass is 10.0. The van der Waals surface area contributed by atoms with E-state index in [4.69, 9.17) is 11.6 Å². The van der Waals surface area contributed by atoms with Crippen molar-refractivity contribution in [3.05, 3.63) is 106 Å². The van der Waals surface area contributed by atoms with E-state index in [1.165, 1.54) is 0 Å². The fourth-order valence-electron chi connectivity index (χ4n) is 3.26. The quantitative estimate of drug-likeness (QED) is 0.443. The number of hydrogen-bond acceptors (Lipinski definition) is 2. The van der Waals surface area contributed by atoms with Crippen LogP contribution in [0.2, 0.25) is 5.15 Å². The molecular weight excluding hydrogens is 356 g/mol. The number of pyridine rings is 2. The Bertz CT molecular complexity index is 1150. The number of halogens is 1. The van der Waals surface area contributed by atoms with Crippen molar-refractivity contribution in [1.82, 2.24) is 9.55 Å². The molecule has 0 amide bonds. The molecule has 2 heterocycles. The lowest BCUT2D eigenvalue weighted by molar-refractivity contribution is 1.02. The molecule has 3 nitrogen and oxygen atoms in total. The average molecular weight is 373 g/mol. The molecule has 0 aliphatic heterocycles. The van der Waals surface area contributed by atoms with Crippen molar-refractivity contribution >= 4 is 11.6 Å². The Labute approximate surface area is 162 Å². The van der Waals surface area contributed by atoms with Gasteiger partial charge in [-0.25, -0.2) is 4.98 Å². The monoisotopic (exact) mass is 372 g/mol. The first-order valence-electron chi connectivity index (χ1n) is 8.65. The maximum atomic E-state index is 12.8. The normalized spacial score (nSPS) is 10.7. The molecule has 0 saturated heterocycles. The van der Waals surface area contributed by atoms with Crippen LogP contribution in [0.5, 0.6) is 0 Å². The van der Waals surface area contributed by atoms with Gasteiger partial charge in [0.2, 0.25) is 0 Å². The highest BCUT2D eigenvalue weighted by atomic mass is 35.5. The summed E-state index contributed by atoms with van der Waals surface area (Å²) in [5.41, 5.74) is 4.87. The standard InChI is InChI=1S/C23H17ClN2O/c1-16-21(27)15-20(17-9-4-2-5-10-17)26(19-13-8-14-25-23(19)24)22(16)18-11-6-3-7-12-18/h2-15H,1H3. The number of nitrogens with zero attached hydrogens (tertiary/aromatic N) is 2. The number of rotatable bonds is 3. The van der Waals surface area contributed by atoms with E-state index in [0.717, 1.165) is 28.2 Å². The highest BCUT2D eigenvalue weighted by Gasteiger charge is 2.18. The minimum atomic E-state index is -0.0102. The highest BCUT2D eigenvalue weighted by Crippen LogP contribution is 2.33. The van der Waals surface area contributed by atoms with Crippen LogP contribution in [0.3, 0.4) is 0 Å². The van der Waals surface area contributed by atoms with Gasteiger partial charge in [0.25, 0.3) is 0 Å². The Hall–Kier alpha value is -3.17. The fourth-order valence-corrected chi connectivity index (χ4v) is 3.46. The minimum Gasteiger partial charge on any atom is -0.306 e. The summed E-state index contributed by atoms with van der Waals surface area (Å²) in [5.74, 6) is 0. The molecule has 4 heteroatoms. The molecule has 0 atom stereocenters. The zero-order valence-electron chi connectivity index (χ0n) is 14.8. The van der Waals surface area contributed by atoms with E-state index >= 15 is 0 Å². The van der Waals surface area contributed by atoms with Gasteiger partial charge in [-0.2, -0.15) is 0 Å². The van der Waals surface area contributed by atoms with Crippen LogP contribution in [-0.2, 0) is 0 Å². The van der Waals surface area contributed by atoms with Gasteiger partial charge >= 0.3 is 0 Å². The molecule has 0 unspecified atom stereocenters. The molecule has 27 heavy (non-hydrogen) atoms. The van der Waals surface area contributed by atoms with Crippen LogP contribution in [0.4, 0.5) is 0 Å². The summed E-state index contributed by atoms with van der Waals surface area (Å²) in [6.45, 7) is 1.85. The average Bonchev–Trinajstić information content (AvgIpc) is 2.71. The summed E-state index contributed by atoms with van der Waals surface area (Å²) in [5, 5.41) is 0.384. The first kappa shape index (κ1) is 17.3. The van der Waals surface area contributed by atoms with Crippen LogP contribution in [0.25, 0.3) is 28.2 Å². The van der Waals surface area contributed by atoms with Crippen molar-refractivity contribution in [2.45, 2.75) is 6.92 Å². The van der Waals surface area contributed by atoms with Gasteiger partial charge in [-0.05, 0) is 30.2 Å². The molecule has 4 rings (SSSR count). The Balaban J connectivity index is 2.17. The van der Waals surface area contributed by atoms with Crippen molar-refractivity contribution in [1.29, 1.82) is 0 Å². The summed E-state index contributed by atoms with van der Waals surface area (Å²) >= 11 is 6.46. The molecule has 0 aliphatic carbocycles. The largest absolute Gasteiger partial charge is 0.306 e. The Morgan fingerprint density at radius 2 is 1.48 bits per heavy atom. The maximum Gasteiger partial charge on any atom is 0.185 e. The molecule has 0 saturated carbocycles. The third-order valence-electron chi connectivity index (χ3n) is 4.55. The van der Waals surface area contributed by atoms with Gasteiger partial charge in [0, 0.05) is 17.8 Å². The lowest BCUT2D eigenvalue weighted by Gasteiger charge is -2.22. The van der Waals surface area contributed by atoms with Gasteiger partial charge in [0.15, 0.2) is 10.6 Å². The molecule has 0 spiro atoms. The van der Waals surface area contributed by atoms with Gasteiger partial charge in [-0.15, -0.1) is 0 Å². The van der Waals surface area contributed by atoms with Crippen molar-refractivity contribution in [3.8, 4) is 28.2 Å². The summed E-state index contributed by atoms with van der Waals surface area (Å²) < 4.78 is 2.02. The van der Waals surface area contributed by atoms with Gasteiger partial charge < -0.3 is 4.57 Å². The molecule has 2 aromatic carbocycles. The minimum absolute atomic E-state index is 0.0102. The van der Waals surface area contributed by atoms with Crippen LogP contribution < -0.4 is 5.43 Å². The van der Waals surface area contributed by atoms with Crippen LogP contribution in [0, 0.1) is 6.92 Å². The zero-order chi connectivity index (χ0) is 18.8. The SMILES string of the molecule is Cc1c(-c2ccccc2)n(-c2cccnc2Cl)c(-c2ccccc2)cc1=O. The van der Waals surface area contributed by atoms with E-state index in [9.17, 15) is 4.79 Å². The second-order valence-electron chi connectivity index (χ2n) is 6.25. The van der Waals surface area contributed by atoms with Gasteiger partial charge in [0.1, 0.15) is 0 Å². The van der Waals surface area contributed by atoms with E-state index in [1.54, 1.807) is 12.3 Å². The van der Waals surface area contributed by atoms with Crippen LogP contribution in [-0.4, -0.2) is 9.55 Å². The number of aromatic nitrogens is 2. The predicted octanol–water partition coefficient (Wildman–Crippen LogP) is 5.53. The van der Waals surface area contributed by atoms with Crippen LogP contribution >= 0.6 is 11.6 Å². The lowest BCUT2D eigenvalue weighted by Crippen LogP contribution is -2.16. The summed E-state index contributed by atoms with van der Waals surface area (Å²) in [7, 11) is 0. The highest BCUT2D eigenvalue weighted by molar-refractivity contribution is 6.31. The van der Waals surface area contributed by atoms with E-state index in [-0.39, 0.29) is 5.43 Å². The van der Waals surface area contributed by atoms with Crippen molar-refractivity contribution in [3.63, 3.8) is 0 Å². The third-order valence-corrected chi connectivity index (χ3v) is 4.85. The molecule has 0 aliphatic rings. The molecule has 2 aromatic heterocycles. The summed E-state index contributed by atoms with van der Waals surface area (Å²) in [4.78, 5) is 17.1. The molecule has 0 fully saturated rings. The molecule has 132 valence electrons. The third kappa shape index (κ3) is 3.18. The van der Waals surface area contributed by atoms with Crippen molar-refractivity contribution < 1.29 is 0 Å². The maximum absolute atomic E-state index is 12.8. The molecule has 0 bridgehead atoms. The first-order valence-corrected chi connectivity index (χ1v) is 9.03. The molecule has 4 aromatic rings. The summed E-state index contributed by atoms with van der Waals surface area (Å²) in [6.07, 6.45) is 1.66. The Kier molecular flexibility index (Phi) is 4.61. The van der Waals surface area contributed by atoms with Crippen molar-refractivity contribution in [2.24, 2.45) is 0 Å². The van der Waals surface area contributed by atoms with Gasteiger partial charge in [-0.1, -0.05) is 72.3 Å². The number of benzene rings is 2. The van der Waals surface area contributed by atoms with Crippen LogP contribution in [0.15, 0.2) is 89.9 Å². The van der Waals surface area contributed by atoms with Crippen molar-refractivity contribution in [2.75, 3.05) is 0 Å². The fraction of sp³-hybridized carbons (Fsp3) is 0.0435. The van der Waals surface area contributed by atoms with E-state index in [0.29, 0.717) is 10.7 Å². The van der Waals surface area contributed by atoms with Crippen LogP contribution in [0.1, 0.15) is 5.56 Å². The van der Waals surface area contributed by atoms with E-state index in [1.807, 2.05) is 84.3 Å². The zero-order valence-corrected chi connectivity index (χ0v) is 15.5. The van der Waals surface area contributed by atoms with Gasteiger partial charge in [-0.3, -0.25) is 4.79 Å². The second-order valence-corrected chi connectivity index (χ2v) is 6.61. The number of hydrogen-bond donors (Lipinski definition) is 0. The Morgan fingerprint density at radius 1 is 0.852 bits per heavy atom. The molecule has 0 N–H and O–H groups in total. The van der Waals surface area contributed by atoms with Gasteiger partial charge in [0.05, 0.1) is 17.1 Å². The second kappa shape index (κ2) is 7.22. The van der Waals surface area contributed by atoms with E-state index in [2.05, 4.69) is 4.98 Å². The predicted molar refractivity (Wildman–Crippen MR) is 110 cm³/mol.